The van der Waals surface area contributed by atoms with Crippen molar-refractivity contribution in [3.05, 3.63) is 52.1 Å². The van der Waals surface area contributed by atoms with Crippen molar-refractivity contribution in [2.45, 2.75) is 18.7 Å². The maximum absolute atomic E-state index is 12.6. The summed E-state index contributed by atoms with van der Waals surface area (Å²) in [6, 6.07) is 9.05. The molecule has 1 heterocycles. The summed E-state index contributed by atoms with van der Waals surface area (Å²) in [5, 5.41) is 21.1. The number of hydrogen-bond acceptors (Lipinski definition) is 5. The molecule has 1 aromatic heterocycles. The predicted molar refractivity (Wildman–Crippen MR) is 99.5 cm³/mol. The molecule has 0 fully saturated rings. The summed E-state index contributed by atoms with van der Waals surface area (Å²) < 4.78 is 28.2. The van der Waals surface area contributed by atoms with Crippen LogP contribution in [0, 0.1) is 13.8 Å². The number of phenols is 1. The second-order valence-electron chi connectivity index (χ2n) is 5.64. The molecule has 25 heavy (non-hydrogen) atoms. The summed E-state index contributed by atoms with van der Waals surface area (Å²) in [5.74, 6) is -0.250. The lowest BCUT2D eigenvalue weighted by Gasteiger charge is -2.12. The molecule has 130 valence electrons. The molecule has 3 rings (SSSR count). The first-order valence-electron chi connectivity index (χ1n) is 7.30. The maximum atomic E-state index is 12.6. The van der Waals surface area contributed by atoms with Crippen molar-refractivity contribution in [2.24, 2.45) is 0 Å². The lowest BCUT2D eigenvalue weighted by Crippen LogP contribution is -2.14. The molecular weight excluding hydrogens is 408 g/mol. The van der Waals surface area contributed by atoms with Gasteiger partial charge in [-0.05, 0) is 60.5 Å². The van der Waals surface area contributed by atoms with Gasteiger partial charge in [-0.2, -0.15) is 0 Å². The lowest BCUT2D eigenvalue weighted by atomic mass is 10.0. The van der Waals surface area contributed by atoms with E-state index in [0.717, 1.165) is 5.39 Å². The van der Waals surface area contributed by atoms with Crippen molar-refractivity contribution in [3.8, 4) is 11.5 Å². The number of aryl methyl sites for hydroxylation is 2. The Hall–Kier alpha value is -2.32. The van der Waals surface area contributed by atoms with Crippen molar-refractivity contribution in [1.29, 1.82) is 0 Å². The smallest absolute Gasteiger partial charge is 0.263 e. The molecule has 2 aromatic carbocycles. The van der Waals surface area contributed by atoms with E-state index in [4.69, 9.17) is 0 Å². The number of sulfonamides is 1. The van der Waals surface area contributed by atoms with Crippen LogP contribution in [0.15, 0.2) is 45.8 Å². The van der Waals surface area contributed by atoms with Crippen LogP contribution in [-0.4, -0.2) is 23.6 Å². The summed E-state index contributed by atoms with van der Waals surface area (Å²) in [6.07, 6.45) is 0. The Morgan fingerprint density at radius 1 is 1.00 bits per heavy atom. The van der Waals surface area contributed by atoms with Gasteiger partial charge in [-0.15, -0.1) is 0 Å². The zero-order valence-electron chi connectivity index (χ0n) is 13.4. The van der Waals surface area contributed by atoms with Crippen LogP contribution in [-0.2, 0) is 10.0 Å². The van der Waals surface area contributed by atoms with Gasteiger partial charge >= 0.3 is 0 Å². The van der Waals surface area contributed by atoms with Crippen LogP contribution in [0.2, 0.25) is 0 Å². The molecule has 0 aliphatic heterocycles. The van der Waals surface area contributed by atoms with Crippen LogP contribution in [0.5, 0.6) is 11.5 Å². The molecule has 0 saturated heterocycles. The zero-order chi connectivity index (χ0) is 18.4. The topological polar surface area (TPSA) is 99.5 Å². The average molecular weight is 423 g/mol. The Morgan fingerprint density at radius 3 is 2.44 bits per heavy atom. The van der Waals surface area contributed by atoms with Crippen LogP contribution >= 0.6 is 15.9 Å². The molecule has 0 atom stereocenters. The van der Waals surface area contributed by atoms with Crippen molar-refractivity contribution >= 4 is 42.5 Å². The molecule has 0 bridgehead atoms. The molecule has 0 saturated carbocycles. The van der Waals surface area contributed by atoms with E-state index >= 15 is 0 Å². The SMILES string of the molecule is Cc1ccc(O)c(NS(=O)(=O)c2ccc3c(C)c(O)cc(Br)c3c2)n1. The highest BCUT2D eigenvalue weighted by Gasteiger charge is 2.19. The number of phenolic OH excluding ortho intramolecular Hbond substituents is 1. The monoisotopic (exact) mass is 422 g/mol. The normalized spacial score (nSPS) is 11.6. The standard InChI is InChI=1S/C17H15BrN2O4S/c1-9-3-6-15(21)17(19-9)20-25(23,24)11-4-5-12-10(2)16(22)8-14(18)13(12)7-11/h3-8,21-22H,1-2H3,(H,19,20). The number of fused-ring (bicyclic) bond motifs is 1. The number of halogens is 1. The van der Waals surface area contributed by atoms with Crippen LogP contribution in [0.4, 0.5) is 5.82 Å². The fourth-order valence-electron chi connectivity index (χ4n) is 2.47. The van der Waals surface area contributed by atoms with E-state index in [1.165, 1.54) is 24.3 Å². The number of nitrogens with one attached hydrogen (secondary N) is 1. The summed E-state index contributed by atoms with van der Waals surface area (Å²) in [6.45, 7) is 3.45. The third kappa shape index (κ3) is 3.27. The quantitative estimate of drug-likeness (QED) is 0.595. The van der Waals surface area contributed by atoms with Gasteiger partial charge in [-0.25, -0.2) is 13.4 Å². The van der Waals surface area contributed by atoms with Gasteiger partial charge in [0.2, 0.25) is 0 Å². The van der Waals surface area contributed by atoms with E-state index in [-0.39, 0.29) is 22.2 Å². The molecular formula is C17H15BrN2O4S. The fraction of sp³-hybridized carbons (Fsp3) is 0.118. The largest absolute Gasteiger partial charge is 0.508 e. The number of benzene rings is 2. The Morgan fingerprint density at radius 2 is 1.72 bits per heavy atom. The third-order valence-electron chi connectivity index (χ3n) is 3.85. The first-order valence-corrected chi connectivity index (χ1v) is 9.58. The van der Waals surface area contributed by atoms with Crippen LogP contribution < -0.4 is 4.72 Å². The first-order chi connectivity index (χ1) is 11.7. The zero-order valence-corrected chi connectivity index (χ0v) is 15.8. The molecule has 0 aliphatic rings. The van der Waals surface area contributed by atoms with Crippen LogP contribution in [0.25, 0.3) is 10.8 Å². The number of pyridine rings is 1. The fourth-order valence-corrected chi connectivity index (χ4v) is 4.06. The van der Waals surface area contributed by atoms with Crippen molar-refractivity contribution < 1.29 is 18.6 Å². The molecule has 0 aliphatic carbocycles. The second kappa shape index (κ2) is 6.20. The van der Waals surface area contributed by atoms with E-state index in [1.54, 1.807) is 26.0 Å². The Kier molecular flexibility index (Phi) is 4.34. The molecule has 6 nitrogen and oxygen atoms in total. The lowest BCUT2D eigenvalue weighted by molar-refractivity contribution is 0.472. The Labute approximate surface area is 153 Å². The number of aromatic nitrogens is 1. The second-order valence-corrected chi connectivity index (χ2v) is 8.17. The number of aromatic hydroxyl groups is 2. The minimum absolute atomic E-state index is 0.0218. The summed E-state index contributed by atoms with van der Waals surface area (Å²) in [5.41, 5.74) is 1.23. The van der Waals surface area contributed by atoms with Crippen LogP contribution in [0.1, 0.15) is 11.3 Å². The number of nitrogens with zero attached hydrogens (tertiary/aromatic N) is 1. The van der Waals surface area contributed by atoms with E-state index in [0.29, 0.717) is 21.1 Å². The molecule has 0 unspecified atom stereocenters. The van der Waals surface area contributed by atoms with E-state index in [9.17, 15) is 18.6 Å². The number of rotatable bonds is 3. The van der Waals surface area contributed by atoms with Gasteiger partial charge in [0, 0.05) is 10.2 Å². The molecule has 0 amide bonds. The summed E-state index contributed by atoms with van der Waals surface area (Å²) in [7, 11) is -3.94. The van der Waals surface area contributed by atoms with Crippen molar-refractivity contribution in [3.63, 3.8) is 0 Å². The van der Waals surface area contributed by atoms with E-state index in [1.807, 2.05) is 0 Å². The summed E-state index contributed by atoms with van der Waals surface area (Å²) >= 11 is 3.34. The third-order valence-corrected chi connectivity index (χ3v) is 5.85. The average Bonchev–Trinajstić information content (AvgIpc) is 2.55. The predicted octanol–water partition coefficient (Wildman–Crippen LogP) is 3.83. The Balaban J connectivity index is 2.10. The highest BCUT2D eigenvalue weighted by molar-refractivity contribution is 9.10. The minimum atomic E-state index is -3.94. The maximum Gasteiger partial charge on any atom is 0.263 e. The highest BCUT2D eigenvalue weighted by atomic mass is 79.9. The van der Waals surface area contributed by atoms with Crippen molar-refractivity contribution in [2.75, 3.05) is 4.72 Å². The number of hydrogen-bond donors (Lipinski definition) is 3. The highest BCUT2D eigenvalue weighted by Crippen LogP contribution is 2.35. The molecule has 0 spiro atoms. The summed E-state index contributed by atoms with van der Waals surface area (Å²) in [4.78, 5) is 4.03. The number of anilines is 1. The van der Waals surface area contributed by atoms with Gasteiger partial charge in [-0.1, -0.05) is 22.0 Å². The van der Waals surface area contributed by atoms with E-state index < -0.39 is 10.0 Å². The molecule has 0 radical (unpaired) electrons. The van der Waals surface area contributed by atoms with Gasteiger partial charge < -0.3 is 10.2 Å². The van der Waals surface area contributed by atoms with Gasteiger partial charge in [0.05, 0.1) is 4.90 Å². The molecule has 3 aromatic rings. The first kappa shape index (κ1) is 17.5. The van der Waals surface area contributed by atoms with Gasteiger partial charge in [0.1, 0.15) is 5.75 Å². The minimum Gasteiger partial charge on any atom is -0.508 e. The Bertz CT molecular complexity index is 1100. The molecule has 3 N–H and O–H groups in total. The van der Waals surface area contributed by atoms with Gasteiger partial charge in [0.15, 0.2) is 11.6 Å². The van der Waals surface area contributed by atoms with Crippen LogP contribution in [0.3, 0.4) is 0 Å². The molecule has 8 heteroatoms. The van der Waals surface area contributed by atoms with Gasteiger partial charge in [-0.3, -0.25) is 4.72 Å². The van der Waals surface area contributed by atoms with Gasteiger partial charge in [0.25, 0.3) is 10.0 Å². The van der Waals surface area contributed by atoms with E-state index in [2.05, 4.69) is 25.6 Å². The van der Waals surface area contributed by atoms with Crippen molar-refractivity contribution in [1.82, 2.24) is 4.98 Å².